The van der Waals surface area contributed by atoms with Crippen molar-refractivity contribution in [2.75, 3.05) is 6.61 Å². The molecule has 0 aliphatic rings. The number of benzene rings is 1. The van der Waals surface area contributed by atoms with E-state index in [2.05, 4.69) is 29.4 Å². The van der Waals surface area contributed by atoms with Gasteiger partial charge in [0.05, 0.1) is 12.2 Å². The number of hydrogen-bond acceptors (Lipinski definition) is 5. The maximum atomic E-state index is 11.8. The second-order valence-electron chi connectivity index (χ2n) is 6.27. The molecule has 142 valence electrons. The maximum Gasteiger partial charge on any atom is 0.331 e. The van der Waals surface area contributed by atoms with Crippen LogP contribution in [-0.4, -0.2) is 34.2 Å². The quantitative estimate of drug-likeness (QED) is 0.622. The van der Waals surface area contributed by atoms with Crippen LogP contribution in [0.15, 0.2) is 30.3 Å². The summed E-state index contributed by atoms with van der Waals surface area (Å²) in [5.41, 5.74) is 4.88. The minimum Gasteiger partial charge on any atom is -0.452 e. The maximum absolute atomic E-state index is 11.8. The summed E-state index contributed by atoms with van der Waals surface area (Å²) in [6.07, 6.45) is 2.86. The van der Waals surface area contributed by atoms with Crippen LogP contribution in [0.4, 0.5) is 0 Å². The number of rotatable bonds is 6. The Morgan fingerprint density at radius 2 is 1.81 bits per heavy atom. The normalized spacial score (nSPS) is 10.8. The molecule has 0 aliphatic carbocycles. The molecule has 7 heteroatoms. The summed E-state index contributed by atoms with van der Waals surface area (Å²) in [5, 5.41) is 6.55. The molecule has 7 nitrogen and oxygen atoms in total. The standard InChI is InChI=1S/C20H23N3O4/c1-13-5-7-17(8-6-13)11-23-15(3)18(14(2)22-23)9-10-20(26)27-12-19(25)21-16(4)24/h5-10H,11-12H2,1-4H3,(H,21,24,25). The highest BCUT2D eigenvalue weighted by Gasteiger charge is 2.11. The van der Waals surface area contributed by atoms with Gasteiger partial charge in [-0.2, -0.15) is 5.10 Å². The van der Waals surface area contributed by atoms with Gasteiger partial charge in [-0.15, -0.1) is 0 Å². The largest absolute Gasteiger partial charge is 0.452 e. The van der Waals surface area contributed by atoms with Crippen molar-refractivity contribution in [2.45, 2.75) is 34.2 Å². The SMILES string of the molecule is CC(=O)NC(=O)COC(=O)C=Cc1c(C)nn(Cc2ccc(C)cc2)c1C. The average molecular weight is 369 g/mol. The van der Waals surface area contributed by atoms with Gasteiger partial charge in [-0.25, -0.2) is 4.79 Å². The molecular weight excluding hydrogens is 346 g/mol. The molecule has 0 fully saturated rings. The zero-order valence-corrected chi connectivity index (χ0v) is 15.9. The van der Waals surface area contributed by atoms with Gasteiger partial charge in [-0.1, -0.05) is 29.8 Å². The molecule has 1 N–H and O–H groups in total. The van der Waals surface area contributed by atoms with Gasteiger partial charge in [0.1, 0.15) is 0 Å². The van der Waals surface area contributed by atoms with E-state index in [1.165, 1.54) is 18.6 Å². The Kier molecular flexibility index (Phi) is 6.65. The molecule has 0 atom stereocenters. The van der Waals surface area contributed by atoms with E-state index in [1.54, 1.807) is 6.08 Å². The predicted molar refractivity (Wildman–Crippen MR) is 101 cm³/mol. The summed E-state index contributed by atoms with van der Waals surface area (Å²) < 4.78 is 6.68. The third-order valence-corrected chi connectivity index (χ3v) is 3.94. The van der Waals surface area contributed by atoms with E-state index in [1.807, 2.05) is 30.8 Å². The summed E-state index contributed by atoms with van der Waals surface area (Å²) in [6.45, 7) is 7.17. The molecule has 2 rings (SSSR count). The Labute approximate surface area is 158 Å². The lowest BCUT2D eigenvalue weighted by Crippen LogP contribution is -2.32. The fourth-order valence-electron chi connectivity index (χ4n) is 2.54. The Bertz CT molecular complexity index is 879. The van der Waals surface area contributed by atoms with Crippen LogP contribution in [0.5, 0.6) is 0 Å². The first-order valence-corrected chi connectivity index (χ1v) is 8.51. The number of amides is 2. The zero-order chi connectivity index (χ0) is 20.0. The summed E-state index contributed by atoms with van der Waals surface area (Å²) in [7, 11) is 0. The second-order valence-corrected chi connectivity index (χ2v) is 6.27. The second kappa shape index (κ2) is 8.93. The molecule has 0 saturated carbocycles. The van der Waals surface area contributed by atoms with Crippen LogP contribution in [-0.2, 0) is 25.7 Å². The van der Waals surface area contributed by atoms with E-state index in [-0.39, 0.29) is 0 Å². The van der Waals surface area contributed by atoms with E-state index in [0.717, 1.165) is 22.5 Å². The molecule has 1 heterocycles. The summed E-state index contributed by atoms with van der Waals surface area (Å²) in [4.78, 5) is 33.8. The lowest BCUT2D eigenvalue weighted by atomic mass is 10.1. The van der Waals surface area contributed by atoms with Crippen LogP contribution < -0.4 is 5.32 Å². The molecule has 0 spiro atoms. The van der Waals surface area contributed by atoms with Gasteiger partial charge >= 0.3 is 5.97 Å². The lowest BCUT2D eigenvalue weighted by molar-refractivity contribution is -0.145. The first kappa shape index (κ1) is 20.1. The van der Waals surface area contributed by atoms with Crippen molar-refractivity contribution in [1.82, 2.24) is 15.1 Å². The highest BCUT2D eigenvalue weighted by molar-refractivity contribution is 5.96. The molecule has 27 heavy (non-hydrogen) atoms. The van der Waals surface area contributed by atoms with Crippen LogP contribution in [0.1, 0.15) is 35.0 Å². The molecular formula is C20H23N3O4. The fraction of sp³-hybridized carbons (Fsp3) is 0.300. The van der Waals surface area contributed by atoms with Crippen LogP contribution in [0.25, 0.3) is 6.08 Å². The first-order chi connectivity index (χ1) is 12.8. The highest BCUT2D eigenvalue weighted by atomic mass is 16.5. The van der Waals surface area contributed by atoms with E-state index in [0.29, 0.717) is 6.54 Å². The number of ether oxygens (including phenoxy) is 1. The zero-order valence-electron chi connectivity index (χ0n) is 15.9. The Morgan fingerprint density at radius 3 is 2.44 bits per heavy atom. The Balaban J connectivity index is 2.01. The van der Waals surface area contributed by atoms with Crippen molar-refractivity contribution in [2.24, 2.45) is 0 Å². The first-order valence-electron chi connectivity index (χ1n) is 8.51. The molecule has 0 unspecified atom stereocenters. The van der Waals surface area contributed by atoms with E-state index in [4.69, 9.17) is 4.74 Å². The van der Waals surface area contributed by atoms with E-state index in [9.17, 15) is 14.4 Å². The van der Waals surface area contributed by atoms with E-state index >= 15 is 0 Å². The Hall–Kier alpha value is -3.22. The van der Waals surface area contributed by atoms with Crippen LogP contribution in [0, 0.1) is 20.8 Å². The molecule has 2 aromatic rings. The molecule has 0 aliphatic heterocycles. The van der Waals surface area contributed by atoms with E-state index < -0.39 is 24.4 Å². The molecule has 0 radical (unpaired) electrons. The molecule has 1 aromatic carbocycles. The van der Waals surface area contributed by atoms with Crippen LogP contribution in [0.3, 0.4) is 0 Å². The topological polar surface area (TPSA) is 90.3 Å². The van der Waals surface area contributed by atoms with Crippen molar-refractivity contribution < 1.29 is 19.1 Å². The summed E-state index contributed by atoms with van der Waals surface area (Å²) >= 11 is 0. The minimum absolute atomic E-state index is 0.501. The third-order valence-electron chi connectivity index (χ3n) is 3.94. The number of nitrogens with zero attached hydrogens (tertiary/aromatic N) is 2. The summed E-state index contributed by atoms with van der Waals surface area (Å²) in [5.74, 6) is -1.83. The monoisotopic (exact) mass is 369 g/mol. The van der Waals surface area contributed by atoms with Crippen molar-refractivity contribution in [3.05, 3.63) is 58.4 Å². The number of aromatic nitrogens is 2. The van der Waals surface area contributed by atoms with Gasteiger partial charge in [-0.3, -0.25) is 19.6 Å². The molecule has 0 bridgehead atoms. The predicted octanol–water partition coefficient (Wildman–Crippen LogP) is 2.08. The molecule has 0 saturated heterocycles. The number of carbonyl (C=O) groups is 3. The van der Waals surface area contributed by atoms with Crippen molar-refractivity contribution in [3.63, 3.8) is 0 Å². The Morgan fingerprint density at radius 1 is 1.15 bits per heavy atom. The van der Waals surface area contributed by atoms with Gasteiger partial charge in [0.2, 0.25) is 5.91 Å². The van der Waals surface area contributed by atoms with Crippen molar-refractivity contribution in [3.8, 4) is 0 Å². The number of nitrogens with one attached hydrogen (secondary N) is 1. The number of carbonyl (C=O) groups excluding carboxylic acids is 3. The molecule has 2 amide bonds. The summed E-state index contributed by atoms with van der Waals surface area (Å²) in [6, 6.07) is 8.23. The van der Waals surface area contributed by atoms with Gasteiger partial charge in [0.25, 0.3) is 5.91 Å². The average Bonchev–Trinajstić information content (AvgIpc) is 2.86. The molecule has 1 aromatic heterocycles. The van der Waals surface area contributed by atoms with Gasteiger partial charge in [0.15, 0.2) is 6.61 Å². The van der Waals surface area contributed by atoms with Crippen LogP contribution in [0.2, 0.25) is 0 Å². The minimum atomic E-state index is -0.668. The van der Waals surface area contributed by atoms with Crippen molar-refractivity contribution in [1.29, 1.82) is 0 Å². The van der Waals surface area contributed by atoms with Gasteiger partial charge in [0, 0.05) is 24.3 Å². The number of imide groups is 1. The third kappa shape index (κ3) is 5.91. The number of esters is 1. The lowest BCUT2D eigenvalue weighted by Gasteiger charge is -2.05. The fourth-order valence-corrected chi connectivity index (χ4v) is 2.54. The number of aryl methyl sites for hydroxylation is 2. The highest BCUT2D eigenvalue weighted by Crippen LogP contribution is 2.16. The number of hydrogen-bond donors (Lipinski definition) is 1. The smallest absolute Gasteiger partial charge is 0.331 e. The van der Waals surface area contributed by atoms with Gasteiger partial charge in [-0.05, 0) is 32.4 Å². The van der Waals surface area contributed by atoms with Gasteiger partial charge < -0.3 is 4.74 Å². The van der Waals surface area contributed by atoms with Crippen LogP contribution >= 0.6 is 0 Å². The van der Waals surface area contributed by atoms with Crippen molar-refractivity contribution >= 4 is 23.9 Å².